The lowest BCUT2D eigenvalue weighted by Gasteiger charge is -2.40. The standard InChI is InChI=1S/C23H31N5O2.2ClH/c1-16-5-6-17(13-19(16)30-12-10-24)21(29)28-11-4-8-23(15-28)9-7-18-14-25-22(27(2)3)26-20(18)23;;/h5-6,13-14H,4,7-12,15,24H2,1-3H3;2*1H. The van der Waals surface area contributed by atoms with E-state index in [1.54, 1.807) is 0 Å². The maximum absolute atomic E-state index is 13.4. The fourth-order valence-corrected chi connectivity index (χ4v) is 4.69. The summed E-state index contributed by atoms with van der Waals surface area (Å²) in [5.41, 5.74) is 9.53. The normalized spacial score (nSPS) is 19.1. The van der Waals surface area contributed by atoms with E-state index >= 15 is 0 Å². The summed E-state index contributed by atoms with van der Waals surface area (Å²) in [6, 6.07) is 5.69. The van der Waals surface area contributed by atoms with Crippen molar-refractivity contribution < 1.29 is 9.53 Å². The molecule has 2 aromatic rings. The maximum Gasteiger partial charge on any atom is 0.254 e. The highest BCUT2D eigenvalue weighted by Crippen LogP contribution is 2.44. The van der Waals surface area contributed by atoms with Crippen LogP contribution < -0.4 is 15.4 Å². The second-order valence-electron chi connectivity index (χ2n) is 8.67. The zero-order chi connectivity index (χ0) is 21.3. The third-order valence-electron chi connectivity index (χ3n) is 6.30. The van der Waals surface area contributed by atoms with E-state index in [0.29, 0.717) is 25.3 Å². The molecule has 1 aliphatic heterocycles. The van der Waals surface area contributed by atoms with Crippen LogP contribution in [-0.4, -0.2) is 61.1 Å². The minimum atomic E-state index is -0.0689. The van der Waals surface area contributed by atoms with Gasteiger partial charge in [0.1, 0.15) is 12.4 Å². The van der Waals surface area contributed by atoms with Crippen LogP contribution in [0.3, 0.4) is 0 Å². The highest BCUT2D eigenvalue weighted by molar-refractivity contribution is 5.95. The summed E-state index contributed by atoms with van der Waals surface area (Å²) < 4.78 is 5.72. The van der Waals surface area contributed by atoms with Crippen LogP contribution in [0.2, 0.25) is 0 Å². The molecule has 0 bridgehead atoms. The summed E-state index contributed by atoms with van der Waals surface area (Å²) in [6.45, 7) is 4.34. The van der Waals surface area contributed by atoms with Gasteiger partial charge in [0, 0.05) is 50.9 Å². The highest BCUT2D eigenvalue weighted by Gasteiger charge is 2.45. The third kappa shape index (κ3) is 4.95. The van der Waals surface area contributed by atoms with Gasteiger partial charge in [-0.2, -0.15) is 0 Å². The van der Waals surface area contributed by atoms with Crippen molar-refractivity contribution in [1.82, 2.24) is 14.9 Å². The molecule has 0 saturated carbocycles. The largest absolute Gasteiger partial charge is 0.492 e. The lowest BCUT2D eigenvalue weighted by Crippen LogP contribution is -2.48. The fourth-order valence-electron chi connectivity index (χ4n) is 4.69. The van der Waals surface area contributed by atoms with E-state index < -0.39 is 0 Å². The van der Waals surface area contributed by atoms with E-state index in [1.807, 2.05) is 55.2 Å². The number of carbonyl (C=O) groups excluding carboxylic acids is 1. The number of piperidine rings is 1. The zero-order valence-electron chi connectivity index (χ0n) is 19.0. The van der Waals surface area contributed by atoms with Crippen molar-refractivity contribution >= 4 is 36.7 Å². The summed E-state index contributed by atoms with van der Waals surface area (Å²) in [5.74, 6) is 1.52. The number of benzene rings is 1. The van der Waals surface area contributed by atoms with Gasteiger partial charge in [-0.3, -0.25) is 4.79 Å². The van der Waals surface area contributed by atoms with Crippen LogP contribution in [0.4, 0.5) is 5.95 Å². The van der Waals surface area contributed by atoms with Crippen LogP contribution >= 0.6 is 24.8 Å². The number of hydrogen-bond donors (Lipinski definition) is 1. The zero-order valence-corrected chi connectivity index (χ0v) is 20.6. The Morgan fingerprint density at radius 2 is 2.06 bits per heavy atom. The average molecular weight is 482 g/mol. The molecule has 1 unspecified atom stereocenters. The number of carbonyl (C=O) groups is 1. The molecule has 2 heterocycles. The molecule has 1 atom stereocenters. The molecule has 9 heteroatoms. The monoisotopic (exact) mass is 481 g/mol. The van der Waals surface area contributed by atoms with Crippen molar-refractivity contribution in [1.29, 1.82) is 0 Å². The van der Waals surface area contributed by atoms with E-state index in [9.17, 15) is 4.79 Å². The van der Waals surface area contributed by atoms with E-state index in [2.05, 4.69) is 4.98 Å². The van der Waals surface area contributed by atoms with Gasteiger partial charge in [-0.1, -0.05) is 6.07 Å². The van der Waals surface area contributed by atoms with Gasteiger partial charge >= 0.3 is 0 Å². The molecule has 2 N–H and O–H groups in total. The number of nitrogens with zero attached hydrogens (tertiary/aromatic N) is 4. The molecule has 1 amide bonds. The molecule has 1 saturated heterocycles. The third-order valence-corrected chi connectivity index (χ3v) is 6.30. The van der Waals surface area contributed by atoms with E-state index in [1.165, 1.54) is 5.56 Å². The number of ether oxygens (including phenoxy) is 1. The summed E-state index contributed by atoms with van der Waals surface area (Å²) in [6.07, 6.45) is 6.01. The number of rotatable bonds is 5. The Balaban J connectivity index is 0.00000181. The number of amides is 1. The summed E-state index contributed by atoms with van der Waals surface area (Å²) >= 11 is 0. The summed E-state index contributed by atoms with van der Waals surface area (Å²) in [5, 5.41) is 0. The topological polar surface area (TPSA) is 84.6 Å². The molecular formula is C23H33Cl2N5O2. The van der Waals surface area contributed by atoms with E-state index in [0.717, 1.165) is 55.2 Å². The minimum absolute atomic E-state index is 0. The molecular weight excluding hydrogens is 449 g/mol. The predicted molar refractivity (Wildman–Crippen MR) is 132 cm³/mol. The molecule has 32 heavy (non-hydrogen) atoms. The smallest absolute Gasteiger partial charge is 0.254 e. The van der Waals surface area contributed by atoms with Gasteiger partial charge in [0.2, 0.25) is 5.95 Å². The SMILES string of the molecule is Cc1ccc(C(=O)N2CCCC3(CCc4cnc(N(C)C)nc43)C2)cc1OCCN.Cl.Cl. The Morgan fingerprint density at radius 3 is 2.78 bits per heavy atom. The lowest BCUT2D eigenvalue weighted by molar-refractivity contribution is 0.0633. The van der Waals surface area contributed by atoms with Crippen LogP contribution in [0.5, 0.6) is 5.75 Å². The Hall–Kier alpha value is -2.09. The van der Waals surface area contributed by atoms with Gasteiger partial charge in [0.25, 0.3) is 5.91 Å². The van der Waals surface area contributed by atoms with Gasteiger partial charge < -0.3 is 20.3 Å². The molecule has 1 aromatic carbocycles. The minimum Gasteiger partial charge on any atom is -0.492 e. The number of anilines is 1. The molecule has 2 aliphatic rings. The Morgan fingerprint density at radius 1 is 1.28 bits per heavy atom. The number of halogens is 2. The van der Waals surface area contributed by atoms with Crippen molar-refractivity contribution in [3.63, 3.8) is 0 Å². The van der Waals surface area contributed by atoms with Crippen LogP contribution in [0, 0.1) is 6.92 Å². The Bertz CT molecular complexity index is 952. The predicted octanol–water partition coefficient (Wildman–Crippen LogP) is 3.15. The van der Waals surface area contributed by atoms with Crippen LogP contribution in [0.15, 0.2) is 24.4 Å². The van der Waals surface area contributed by atoms with Crippen molar-refractivity contribution in [2.45, 2.75) is 38.0 Å². The maximum atomic E-state index is 13.4. The van der Waals surface area contributed by atoms with Gasteiger partial charge in [0.05, 0.1) is 5.69 Å². The first kappa shape index (κ1) is 26.2. The average Bonchev–Trinajstić information content (AvgIpc) is 3.09. The molecule has 0 radical (unpaired) electrons. The molecule has 4 rings (SSSR count). The highest BCUT2D eigenvalue weighted by atomic mass is 35.5. The van der Waals surface area contributed by atoms with Crippen molar-refractivity contribution in [3.8, 4) is 5.75 Å². The summed E-state index contributed by atoms with van der Waals surface area (Å²) in [4.78, 5) is 26.7. The number of hydrogen-bond acceptors (Lipinski definition) is 6. The molecule has 176 valence electrons. The van der Waals surface area contributed by atoms with Crippen LogP contribution in [0.25, 0.3) is 0 Å². The first-order valence-electron chi connectivity index (χ1n) is 10.7. The first-order valence-corrected chi connectivity index (χ1v) is 10.7. The van der Waals surface area contributed by atoms with Crippen molar-refractivity contribution in [2.24, 2.45) is 5.73 Å². The van der Waals surface area contributed by atoms with Gasteiger partial charge in [-0.15, -0.1) is 24.8 Å². The number of nitrogens with two attached hydrogens (primary N) is 1. The molecule has 1 fully saturated rings. The Labute approximate surface area is 202 Å². The van der Waals surface area contributed by atoms with Crippen molar-refractivity contribution in [2.75, 3.05) is 45.2 Å². The molecule has 1 spiro atoms. The fraction of sp³-hybridized carbons (Fsp3) is 0.522. The molecule has 1 aliphatic carbocycles. The second-order valence-corrected chi connectivity index (χ2v) is 8.67. The molecule has 7 nitrogen and oxygen atoms in total. The van der Waals surface area contributed by atoms with Crippen LogP contribution in [0.1, 0.15) is 46.4 Å². The van der Waals surface area contributed by atoms with Gasteiger partial charge in [-0.05, 0) is 55.9 Å². The number of aryl methyl sites for hydroxylation is 2. The Kier molecular flexibility index (Phi) is 8.74. The summed E-state index contributed by atoms with van der Waals surface area (Å²) in [7, 11) is 3.92. The van der Waals surface area contributed by atoms with Crippen molar-refractivity contribution in [3.05, 3.63) is 46.8 Å². The number of aromatic nitrogens is 2. The van der Waals surface area contributed by atoms with Gasteiger partial charge in [-0.25, -0.2) is 9.97 Å². The number of likely N-dealkylation sites (tertiary alicyclic amines) is 1. The quantitative estimate of drug-likeness (QED) is 0.705. The first-order chi connectivity index (χ1) is 14.4. The molecule has 1 aromatic heterocycles. The second kappa shape index (κ2) is 10.7. The lowest BCUT2D eigenvalue weighted by atomic mass is 9.77. The van der Waals surface area contributed by atoms with Gasteiger partial charge in [0.15, 0.2) is 0 Å². The van der Waals surface area contributed by atoms with E-state index in [-0.39, 0.29) is 36.1 Å². The van der Waals surface area contributed by atoms with Crippen LogP contribution in [-0.2, 0) is 11.8 Å². The number of fused-ring (bicyclic) bond motifs is 2. The van der Waals surface area contributed by atoms with E-state index in [4.69, 9.17) is 15.5 Å².